The Morgan fingerprint density at radius 1 is 1.03 bits per heavy atom. The van der Waals surface area contributed by atoms with Gasteiger partial charge < -0.3 is 15.5 Å². The van der Waals surface area contributed by atoms with Gasteiger partial charge in [-0.25, -0.2) is 4.98 Å². The zero-order chi connectivity index (χ0) is 23.1. The molecule has 0 unspecified atom stereocenters. The van der Waals surface area contributed by atoms with Crippen LogP contribution in [0.4, 0.5) is 28.7 Å². The van der Waals surface area contributed by atoms with E-state index in [1.54, 1.807) is 17.0 Å². The molecule has 0 saturated carbocycles. The highest BCUT2D eigenvalue weighted by molar-refractivity contribution is 5.85. The summed E-state index contributed by atoms with van der Waals surface area (Å²) in [6.07, 6.45) is 11.4. The fraction of sp³-hybridized carbons (Fsp3) is 0.280. The van der Waals surface area contributed by atoms with Crippen molar-refractivity contribution in [2.24, 2.45) is 0 Å². The van der Waals surface area contributed by atoms with Crippen LogP contribution in [0.5, 0.6) is 0 Å². The summed E-state index contributed by atoms with van der Waals surface area (Å²) < 4.78 is 3.68. The van der Waals surface area contributed by atoms with Crippen LogP contribution in [0.1, 0.15) is 18.4 Å². The molecule has 3 aromatic heterocycles. The number of allylic oxidation sites excluding steroid dienone is 2. The zero-order valence-electron chi connectivity index (χ0n) is 19.0. The number of aromatic nitrogens is 5. The molecule has 172 valence electrons. The molecule has 2 aliphatic rings. The van der Waals surface area contributed by atoms with E-state index in [4.69, 9.17) is 4.98 Å². The third kappa shape index (κ3) is 3.59. The molecule has 1 aromatic carbocycles. The van der Waals surface area contributed by atoms with Gasteiger partial charge >= 0.3 is 0 Å². The molecular formula is C25H26N8O. The van der Waals surface area contributed by atoms with Gasteiger partial charge in [-0.3, -0.25) is 14.0 Å². The van der Waals surface area contributed by atoms with Gasteiger partial charge in [0.1, 0.15) is 11.3 Å². The largest absolute Gasteiger partial charge is 0.381 e. The normalized spacial score (nSPS) is 16.4. The molecule has 9 heteroatoms. The Balaban J connectivity index is 1.50. The molecule has 5 heterocycles. The van der Waals surface area contributed by atoms with Crippen molar-refractivity contribution in [3.63, 3.8) is 0 Å². The molecule has 34 heavy (non-hydrogen) atoms. The van der Waals surface area contributed by atoms with Gasteiger partial charge in [0.05, 0.1) is 23.3 Å². The molecule has 0 aliphatic carbocycles. The number of fused-ring (bicyclic) bond motifs is 4. The first-order chi connectivity index (χ1) is 16.7. The maximum absolute atomic E-state index is 13.9. The van der Waals surface area contributed by atoms with Crippen molar-refractivity contribution in [2.45, 2.75) is 32.9 Å². The molecule has 0 fully saturated rings. The van der Waals surface area contributed by atoms with Crippen molar-refractivity contribution < 1.29 is 0 Å². The Labute approximate surface area is 196 Å². The molecule has 0 atom stereocenters. The molecular weight excluding hydrogens is 428 g/mol. The zero-order valence-corrected chi connectivity index (χ0v) is 19.0. The number of hydrogen-bond donors (Lipinski definition) is 2. The van der Waals surface area contributed by atoms with Crippen molar-refractivity contribution in [2.75, 3.05) is 28.6 Å². The maximum atomic E-state index is 13.9. The van der Waals surface area contributed by atoms with Gasteiger partial charge in [-0.05, 0) is 37.5 Å². The molecule has 9 nitrogen and oxygen atoms in total. The topological polar surface area (TPSA) is 92.9 Å². The van der Waals surface area contributed by atoms with Crippen molar-refractivity contribution in [1.82, 2.24) is 24.3 Å². The second-order valence-corrected chi connectivity index (χ2v) is 8.67. The highest BCUT2D eigenvalue weighted by atomic mass is 16.1. The predicted octanol–water partition coefficient (Wildman–Crippen LogP) is 3.95. The highest BCUT2D eigenvalue weighted by Crippen LogP contribution is 2.36. The van der Waals surface area contributed by atoms with Crippen LogP contribution in [0.25, 0.3) is 11.0 Å². The van der Waals surface area contributed by atoms with E-state index in [0.717, 1.165) is 53.9 Å². The number of para-hydroxylation sites is 1. The number of anilines is 5. The summed E-state index contributed by atoms with van der Waals surface area (Å²) in [4.78, 5) is 25.2. The van der Waals surface area contributed by atoms with E-state index in [9.17, 15) is 4.79 Å². The van der Waals surface area contributed by atoms with Crippen molar-refractivity contribution in [1.29, 1.82) is 0 Å². The van der Waals surface area contributed by atoms with Crippen LogP contribution in [0.3, 0.4) is 0 Å². The van der Waals surface area contributed by atoms with Crippen LogP contribution in [-0.2, 0) is 13.1 Å². The van der Waals surface area contributed by atoms with Crippen LogP contribution < -0.4 is 21.1 Å². The number of nitrogens with zero attached hydrogens (tertiary/aromatic N) is 6. The summed E-state index contributed by atoms with van der Waals surface area (Å²) in [6, 6.07) is 8.10. The number of rotatable bonds is 1. The van der Waals surface area contributed by atoms with Crippen molar-refractivity contribution >= 4 is 39.7 Å². The molecule has 0 spiro atoms. The molecule has 2 aliphatic heterocycles. The summed E-state index contributed by atoms with van der Waals surface area (Å²) in [5.41, 5.74) is 5.32. The SMILES string of the molecule is Cc1cccc2c1NCCN2c1cc2cnc3nc2n(c1=O)CC/C=C\CCn1cc(cn1)N3. The number of benzene rings is 1. The Morgan fingerprint density at radius 2 is 1.91 bits per heavy atom. The van der Waals surface area contributed by atoms with Gasteiger partial charge in [0.2, 0.25) is 5.95 Å². The van der Waals surface area contributed by atoms with Crippen LogP contribution in [0, 0.1) is 6.92 Å². The second-order valence-electron chi connectivity index (χ2n) is 8.67. The van der Waals surface area contributed by atoms with Gasteiger partial charge in [-0.15, -0.1) is 0 Å². The number of hydrogen-bond acceptors (Lipinski definition) is 7. The van der Waals surface area contributed by atoms with Crippen LogP contribution in [-0.4, -0.2) is 37.4 Å². The van der Waals surface area contributed by atoms with Gasteiger partial charge in [-0.1, -0.05) is 24.3 Å². The Kier molecular flexibility index (Phi) is 5.01. The second kappa shape index (κ2) is 8.33. The fourth-order valence-corrected chi connectivity index (χ4v) is 4.70. The van der Waals surface area contributed by atoms with E-state index < -0.39 is 0 Å². The van der Waals surface area contributed by atoms with Crippen molar-refractivity contribution in [3.8, 4) is 0 Å². The highest BCUT2D eigenvalue weighted by Gasteiger charge is 2.23. The fourth-order valence-electron chi connectivity index (χ4n) is 4.70. The summed E-state index contributed by atoms with van der Waals surface area (Å²) in [7, 11) is 0. The van der Waals surface area contributed by atoms with Crippen molar-refractivity contribution in [3.05, 3.63) is 70.9 Å². The van der Waals surface area contributed by atoms with Crippen LogP contribution in [0.2, 0.25) is 0 Å². The standard InChI is InChI=1S/C25H26N8O/c1-17-7-6-8-20-22(17)26-9-12-32(20)21-13-18-14-27-25-29-19-15-28-31(16-19)10-4-2-3-5-11-33(24(21)34)23(18)30-25/h2-3,6-8,13-16,26H,4-5,9-12H2,1H3,(H,27,29,30)/b3-2-. The summed E-state index contributed by atoms with van der Waals surface area (Å²) in [6.45, 7) is 4.90. The van der Waals surface area contributed by atoms with E-state index in [1.807, 2.05) is 23.0 Å². The predicted molar refractivity (Wildman–Crippen MR) is 134 cm³/mol. The summed E-state index contributed by atoms with van der Waals surface area (Å²) >= 11 is 0. The Hall–Kier alpha value is -4.14. The molecule has 4 aromatic rings. The average molecular weight is 455 g/mol. The lowest BCUT2D eigenvalue weighted by atomic mass is 10.1. The smallest absolute Gasteiger partial charge is 0.276 e. The first kappa shape index (κ1) is 20.5. The number of aryl methyl sites for hydroxylation is 3. The van der Waals surface area contributed by atoms with E-state index in [1.165, 1.54) is 0 Å². The van der Waals surface area contributed by atoms with E-state index >= 15 is 0 Å². The molecule has 0 radical (unpaired) electrons. The number of pyridine rings is 1. The first-order valence-electron chi connectivity index (χ1n) is 11.6. The lowest BCUT2D eigenvalue weighted by Gasteiger charge is -2.33. The molecule has 0 amide bonds. The summed E-state index contributed by atoms with van der Waals surface area (Å²) in [5.74, 6) is 0.448. The van der Waals surface area contributed by atoms with Gasteiger partial charge in [0.25, 0.3) is 5.56 Å². The molecule has 4 bridgehead atoms. The minimum Gasteiger partial charge on any atom is -0.381 e. The lowest BCUT2D eigenvalue weighted by molar-refractivity contribution is 0.622. The Bertz CT molecular complexity index is 1470. The quantitative estimate of drug-likeness (QED) is 0.421. The minimum absolute atomic E-state index is 0.0418. The van der Waals surface area contributed by atoms with E-state index in [2.05, 4.69) is 56.8 Å². The molecule has 6 rings (SSSR count). The summed E-state index contributed by atoms with van der Waals surface area (Å²) in [5, 5.41) is 11.9. The van der Waals surface area contributed by atoms with Gasteiger partial charge in [0, 0.05) is 44.0 Å². The third-order valence-electron chi connectivity index (χ3n) is 6.38. The Morgan fingerprint density at radius 3 is 2.82 bits per heavy atom. The number of nitrogens with one attached hydrogen (secondary N) is 2. The lowest BCUT2D eigenvalue weighted by Crippen LogP contribution is -2.36. The van der Waals surface area contributed by atoms with Gasteiger partial charge in [0.15, 0.2) is 0 Å². The minimum atomic E-state index is -0.0418. The third-order valence-corrected chi connectivity index (χ3v) is 6.38. The monoisotopic (exact) mass is 454 g/mol. The van der Waals surface area contributed by atoms with Gasteiger partial charge in [-0.2, -0.15) is 10.1 Å². The van der Waals surface area contributed by atoms with Crippen LogP contribution in [0.15, 0.2) is 59.8 Å². The van der Waals surface area contributed by atoms with Crippen LogP contribution >= 0.6 is 0 Å². The maximum Gasteiger partial charge on any atom is 0.276 e. The molecule has 0 saturated heterocycles. The molecule has 2 N–H and O–H groups in total. The van der Waals surface area contributed by atoms with E-state index in [-0.39, 0.29) is 5.56 Å². The first-order valence-corrected chi connectivity index (χ1v) is 11.6. The van der Waals surface area contributed by atoms with E-state index in [0.29, 0.717) is 30.4 Å². The average Bonchev–Trinajstić information content (AvgIpc) is 3.29.